The first-order valence-electron chi connectivity index (χ1n) is 6.60. The molecule has 0 bridgehead atoms. The molecule has 1 aromatic carbocycles. The van der Waals surface area contributed by atoms with E-state index in [1.807, 2.05) is 18.2 Å². The molecule has 104 valence electrons. The van der Waals surface area contributed by atoms with Crippen molar-refractivity contribution in [2.75, 3.05) is 44.8 Å². The van der Waals surface area contributed by atoms with Crippen LogP contribution in [0, 0.1) is 0 Å². The maximum atomic E-state index is 12.0. The second-order valence-electron chi connectivity index (χ2n) is 4.48. The molecule has 5 nitrogen and oxygen atoms in total. The van der Waals surface area contributed by atoms with E-state index >= 15 is 0 Å². The van der Waals surface area contributed by atoms with Gasteiger partial charge in [-0.2, -0.15) is 0 Å². The van der Waals surface area contributed by atoms with Gasteiger partial charge in [0.25, 0.3) is 0 Å². The van der Waals surface area contributed by atoms with E-state index in [0.29, 0.717) is 26.3 Å². The lowest BCUT2D eigenvalue weighted by molar-refractivity contribution is 0.0906. The van der Waals surface area contributed by atoms with E-state index in [1.165, 1.54) is 5.56 Å². The molecule has 1 aliphatic heterocycles. The number of rotatable bonds is 8. The number of carbonyl (C=O) groups is 1. The number of ether oxygens (including phenoxy) is 1. The number of anilines is 1. The van der Waals surface area contributed by atoms with Crippen LogP contribution in [0.5, 0.6) is 0 Å². The molecule has 0 radical (unpaired) electrons. The summed E-state index contributed by atoms with van der Waals surface area (Å²) in [7, 11) is 0. The molecule has 2 rings (SSSR count). The van der Waals surface area contributed by atoms with Gasteiger partial charge in [-0.3, -0.25) is 4.79 Å². The number of aliphatic hydroxyl groups excluding tert-OH is 1. The largest absolute Gasteiger partial charge is 0.394 e. The van der Waals surface area contributed by atoms with Crippen LogP contribution in [0.3, 0.4) is 0 Å². The van der Waals surface area contributed by atoms with Gasteiger partial charge in [-0.25, -0.2) is 0 Å². The van der Waals surface area contributed by atoms with Gasteiger partial charge < -0.3 is 20.5 Å². The van der Waals surface area contributed by atoms with Gasteiger partial charge in [0.2, 0.25) is 0 Å². The van der Waals surface area contributed by atoms with E-state index in [1.54, 1.807) is 0 Å². The molecule has 0 fully saturated rings. The minimum atomic E-state index is 0.0299. The topological polar surface area (TPSA) is 70.6 Å². The highest BCUT2D eigenvalue weighted by Crippen LogP contribution is 2.22. The SMILES string of the molecule is O=C(CNCCOCCO)c1ccc2c(c1)CCN2. The van der Waals surface area contributed by atoms with Crippen LogP contribution in [-0.2, 0) is 11.2 Å². The maximum absolute atomic E-state index is 12.0. The molecule has 3 N–H and O–H groups in total. The Morgan fingerprint density at radius 1 is 1.42 bits per heavy atom. The molecule has 0 spiro atoms. The van der Waals surface area contributed by atoms with Crippen LogP contribution in [0.2, 0.25) is 0 Å². The molecule has 0 saturated carbocycles. The lowest BCUT2D eigenvalue weighted by Gasteiger charge is -2.06. The summed E-state index contributed by atoms with van der Waals surface area (Å²) in [6, 6.07) is 5.81. The van der Waals surface area contributed by atoms with Gasteiger partial charge in [0, 0.05) is 24.3 Å². The number of hydrogen-bond acceptors (Lipinski definition) is 5. The quantitative estimate of drug-likeness (QED) is 0.469. The molecule has 0 aliphatic carbocycles. The van der Waals surface area contributed by atoms with Crippen LogP contribution < -0.4 is 10.6 Å². The van der Waals surface area contributed by atoms with Gasteiger partial charge in [-0.15, -0.1) is 0 Å². The Labute approximate surface area is 113 Å². The highest BCUT2D eigenvalue weighted by atomic mass is 16.5. The standard InChI is InChI=1S/C14H20N2O3/c17-6-8-19-7-5-15-10-14(18)12-1-2-13-11(9-12)3-4-16-13/h1-2,9,15-17H,3-8,10H2. The summed E-state index contributed by atoms with van der Waals surface area (Å²) in [5.41, 5.74) is 3.12. The minimum absolute atomic E-state index is 0.0299. The Balaban J connectivity index is 1.74. The van der Waals surface area contributed by atoms with Crippen molar-refractivity contribution in [3.05, 3.63) is 29.3 Å². The Hall–Kier alpha value is -1.43. The maximum Gasteiger partial charge on any atom is 0.176 e. The summed E-state index contributed by atoms with van der Waals surface area (Å²) in [5, 5.41) is 14.8. The lowest BCUT2D eigenvalue weighted by atomic mass is 10.1. The second-order valence-corrected chi connectivity index (χ2v) is 4.48. The van der Waals surface area contributed by atoms with E-state index in [0.717, 1.165) is 24.2 Å². The van der Waals surface area contributed by atoms with Crippen molar-refractivity contribution < 1.29 is 14.6 Å². The average molecular weight is 264 g/mol. The third-order valence-electron chi connectivity index (χ3n) is 3.08. The van der Waals surface area contributed by atoms with Gasteiger partial charge in [0.15, 0.2) is 5.78 Å². The predicted octanol–water partition coefficient (Wildman–Crippen LogP) is 0.436. The molecule has 0 unspecified atom stereocenters. The Morgan fingerprint density at radius 2 is 2.32 bits per heavy atom. The zero-order valence-electron chi connectivity index (χ0n) is 10.9. The van der Waals surface area contributed by atoms with Crippen molar-refractivity contribution in [3.63, 3.8) is 0 Å². The molecule has 0 aromatic heterocycles. The monoisotopic (exact) mass is 264 g/mol. The normalized spacial score (nSPS) is 13.1. The van der Waals surface area contributed by atoms with E-state index < -0.39 is 0 Å². The molecule has 0 saturated heterocycles. The molecule has 1 aliphatic rings. The van der Waals surface area contributed by atoms with Crippen molar-refractivity contribution in [1.82, 2.24) is 5.32 Å². The molecular formula is C14H20N2O3. The average Bonchev–Trinajstić information content (AvgIpc) is 2.89. The summed E-state index contributed by atoms with van der Waals surface area (Å²) >= 11 is 0. The van der Waals surface area contributed by atoms with Crippen LogP contribution in [0.15, 0.2) is 18.2 Å². The highest BCUT2D eigenvalue weighted by molar-refractivity contribution is 5.98. The fourth-order valence-corrected chi connectivity index (χ4v) is 2.09. The number of nitrogens with one attached hydrogen (secondary N) is 2. The smallest absolute Gasteiger partial charge is 0.176 e. The van der Waals surface area contributed by atoms with Crippen molar-refractivity contribution in [3.8, 4) is 0 Å². The Bertz CT molecular complexity index is 435. The highest BCUT2D eigenvalue weighted by Gasteiger charge is 2.12. The molecule has 5 heteroatoms. The third kappa shape index (κ3) is 4.02. The number of ketones is 1. The molecular weight excluding hydrogens is 244 g/mol. The van der Waals surface area contributed by atoms with Crippen LogP contribution in [0.25, 0.3) is 0 Å². The molecule has 0 amide bonds. The minimum Gasteiger partial charge on any atom is -0.394 e. The van der Waals surface area contributed by atoms with E-state index in [9.17, 15) is 4.79 Å². The third-order valence-corrected chi connectivity index (χ3v) is 3.08. The number of aliphatic hydroxyl groups is 1. The van der Waals surface area contributed by atoms with Crippen molar-refractivity contribution in [2.24, 2.45) is 0 Å². The summed E-state index contributed by atoms with van der Waals surface area (Å²) < 4.78 is 5.10. The van der Waals surface area contributed by atoms with Gasteiger partial charge in [-0.05, 0) is 30.2 Å². The Kier molecular flexibility index (Phi) is 5.32. The second kappa shape index (κ2) is 7.23. The van der Waals surface area contributed by atoms with Gasteiger partial charge in [-0.1, -0.05) is 0 Å². The zero-order chi connectivity index (χ0) is 13.5. The number of fused-ring (bicyclic) bond motifs is 1. The summed E-state index contributed by atoms with van der Waals surface area (Å²) in [5.74, 6) is 0.0943. The summed E-state index contributed by atoms with van der Waals surface area (Å²) in [6.07, 6.45) is 0.985. The fourth-order valence-electron chi connectivity index (χ4n) is 2.09. The van der Waals surface area contributed by atoms with Crippen LogP contribution in [-0.4, -0.2) is 50.3 Å². The molecule has 0 atom stereocenters. The van der Waals surface area contributed by atoms with Crippen LogP contribution in [0.1, 0.15) is 15.9 Å². The lowest BCUT2D eigenvalue weighted by Crippen LogP contribution is -2.27. The first-order chi connectivity index (χ1) is 9.31. The predicted molar refractivity (Wildman–Crippen MR) is 73.7 cm³/mol. The number of Topliss-reactive ketones (excluding diaryl/α,β-unsaturated/α-hetero) is 1. The summed E-state index contributed by atoms with van der Waals surface area (Å²) in [6.45, 7) is 2.75. The van der Waals surface area contributed by atoms with E-state index in [-0.39, 0.29) is 12.4 Å². The fraction of sp³-hybridized carbons (Fsp3) is 0.500. The number of hydrogen-bond donors (Lipinski definition) is 3. The van der Waals surface area contributed by atoms with Crippen molar-refractivity contribution >= 4 is 11.5 Å². The van der Waals surface area contributed by atoms with Crippen molar-refractivity contribution in [2.45, 2.75) is 6.42 Å². The number of carbonyl (C=O) groups excluding carboxylic acids is 1. The van der Waals surface area contributed by atoms with Crippen LogP contribution in [0.4, 0.5) is 5.69 Å². The van der Waals surface area contributed by atoms with E-state index in [2.05, 4.69) is 10.6 Å². The zero-order valence-corrected chi connectivity index (χ0v) is 10.9. The summed E-state index contributed by atoms with van der Waals surface area (Å²) in [4.78, 5) is 12.0. The first-order valence-corrected chi connectivity index (χ1v) is 6.60. The first kappa shape index (κ1) is 14.0. The molecule has 19 heavy (non-hydrogen) atoms. The Morgan fingerprint density at radius 3 is 3.16 bits per heavy atom. The number of benzene rings is 1. The van der Waals surface area contributed by atoms with Gasteiger partial charge in [0.1, 0.15) is 0 Å². The van der Waals surface area contributed by atoms with Gasteiger partial charge >= 0.3 is 0 Å². The van der Waals surface area contributed by atoms with Crippen molar-refractivity contribution in [1.29, 1.82) is 0 Å². The van der Waals surface area contributed by atoms with Gasteiger partial charge in [0.05, 0.1) is 26.4 Å². The van der Waals surface area contributed by atoms with Crippen LogP contribution >= 0.6 is 0 Å². The molecule has 1 heterocycles. The van der Waals surface area contributed by atoms with E-state index in [4.69, 9.17) is 9.84 Å². The molecule has 1 aromatic rings.